The zero-order valence-electron chi connectivity index (χ0n) is 20.3. The van der Waals surface area contributed by atoms with E-state index in [2.05, 4.69) is 20.5 Å². The van der Waals surface area contributed by atoms with Crippen LogP contribution in [0.3, 0.4) is 0 Å². The number of amides is 2. The minimum Gasteiger partial charge on any atom is -0.408 e. The van der Waals surface area contributed by atoms with Gasteiger partial charge in [-0.25, -0.2) is 4.79 Å². The van der Waals surface area contributed by atoms with Gasteiger partial charge in [0.1, 0.15) is 0 Å². The van der Waals surface area contributed by atoms with Gasteiger partial charge in [0.25, 0.3) is 5.91 Å². The minimum absolute atomic E-state index is 0.0901. The Morgan fingerprint density at radius 2 is 1.87 bits per heavy atom. The first kappa shape index (κ1) is 26.0. The van der Waals surface area contributed by atoms with E-state index in [4.69, 9.17) is 4.42 Å². The van der Waals surface area contributed by atoms with Crippen LogP contribution in [0, 0.1) is 0 Å². The van der Waals surface area contributed by atoms with Crippen LogP contribution in [0.25, 0.3) is 11.1 Å². The van der Waals surface area contributed by atoms with Gasteiger partial charge in [-0.2, -0.15) is 13.2 Å². The predicted octanol–water partition coefficient (Wildman–Crippen LogP) is 2.50. The fourth-order valence-corrected chi connectivity index (χ4v) is 5.25. The molecule has 1 aromatic heterocycles. The molecule has 2 aromatic carbocycles. The molecule has 5 rings (SSSR count). The van der Waals surface area contributed by atoms with Crippen molar-refractivity contribution in [3.05, 3.63) is 69.7 Å². The third-order valence-corrected chi connectivity index (χ3v) is 7.39. The molecule has 2 amide bonds. The molecule has 3 aromatic rings. The van der Waals surface area contributed by atoms with Crippen LogP contribution < -0.4 is 16.4 Å². The van der Waals surface area contributed by atoms with Gasteiger partial charge in [0.05, 0.1) is 29.3 Å². The number of carbonyl (C=O) groups excluding carboxylic acids is 2. The highest BCUT2D eigenvalue weighted by Gasteiger charge is 2.40. The van der Waals surface area contributed by atoms with Gasteiger partial charge in [0, 0.05) is 24.7 Å². The number of rotatable bonds is 6. The molecule has 1 aliphatic carbocycles. The zero-order chi connectivity index (χ0) is 27.1. The number of aliphatic hydroxyl groups is 1. The number of oxazole rings is 1. The van der Waals surface area contributed by atoms with E-state index in [0.717, 1.165) is 31.0 Å². The van der Waals surface area contributed by atoms with Crippen LogP contribution in [-0.2, 0) is 16.6 Å². The Kier molecular flexibility index (Phi) is 6.78. The number of nitrogens with zero attached hydrogens (tertiary/aromatic N) is 1. The summed E-state index contributed by atoms with van der Waals surface area (Å²) >= 11 is 0. The molecule has 0 unspecified atom stereocenters. The summed E-state index contributed by atoms with van der Waals surface area (Å²) in [6.45, 7) is 0.932. The van der Waals surface area contributed by atoms with E-state index in [-0.39, 0.29) is 24.2 Å². The van der Waals surface area contributed by atoms with Crippen LogP contribution in [0.2, 0.25) is 0 Å². The van der Waals surface area contributed by atoms with Crippen molar-refractivity contribution in [1.29, 1.82) is 0 Å². The maximum atomic E-state index is 12.8. The average molecular weight is 533 g/mol. The van der Waals surface area contributed by atoms with E-state index in [9.17, 15) is 32.7 Å². The van der Waals surface area contributed by atoms with Gasteiger partial charge in [0.2, 0.25) is 5.91 Å². The molecule has 0 radical (unpaired) electrons. The van der Waals surface area contributed by atoms with Crippen molar-refractivity contribution < 1.29 is 32.3 Å². The number of aromatic amines is 1. The van der Waals surface area contributed by atoms with Crippen LogP contribution in [-0.4, -0.2) is 58.5 Å². The summed E-state index contributed by atoms with van der Waals surface area (Å²) in [6, 6.07) is 9.43. The van der Waals surface area contributed by atoms with Crippen LogP contribution in [0.5, 0.6) is 0 Å². The maximum absolute atomic E-state index is 12.8. The van der Waals surface area contributed by atoms with Gasteiger partial charge in [-0.1, -0.05) is 12.1 Å². The number of nitrogens with one attached hydrogen (secondary N) is 3. The van der Waals surface area contributed by atoms with Crippen LogP contribution in [0.15, 0.2) is 51.7 Å². The van der Waals surface area contributed by atoms with E-state index in [1.54, 1.807) is 18.2 Å². The molecule has 38 heavy (non-hydrogen) atoms. The Morgan fingerprint density at radius 1 is 1.13 bits per heavy atom. The van der Waals surface area contributed by atoms with Crippen molar-refractivity contribution in [1.82, 2.24) is 20.5 Å². The summed E-state index contributed by atoms with van der Waals surface area (Å²) in [5, 5.41) is 16.4. The minimum atomic E-state index is -4.56. The quantitative estimate of drug-likeness (QED) is 0.386. The van der Waals surface area contributed by atoms with Crippen molar-refractivity contribution in [3.63, 3.8) is 0 Å². The summed E-state index contributed by atoms with van der Waals surface area (Å²) in [5.74, 6) is -1.71. The lowest BCUT2D eigenvalue weighted by Crippen LogP contribution is -2.63. The Balaban J connectivity index is 1.05. The molecule has 1 aliphatic heterocycles. The molecule has 0 atom stereocenters. The Labute approximate surface area is 215 Å². The summed E-state index contributed by atoms with van der Waals surface area (Å²) in [6.07, 6.45) is -1.94. The SMILES string of the molecule is O=C(CNC(=O)c1cccc(C(F)(F)F)c1)NC1CN(C2CCC(O)(c3ccc4[nH]c(=O)oc4c3)CC2)C1. The lowest BCUT2D eigenvalue weighted by atomic mass is 9.76. The average Bonchev–Trinajstić information content (AvgIpc) is 3.24. The molecule has 12 heteroatoms. The molecule has 2 aliphatic rings. The highest BCUT2D eigenvalue weighted by Crippen LogP contribution is 2.40. The van der Waals surface area contributed by atoms with Gasteiger partial charge < -0.3 is 20.2 Å². The van der Waals surface area contributed by atoms with Gasteiger partial charge >= 0.3 is 11.9 Å². The standard InChI is InChI=1S/C26H27F3N4O5/c27-26(28,29)17-3-1-2-15(10-17)23(35)30-12-22(34)31-18-13-33(14-18)19-6-8-25(37,9-7-19)16-4-5-20-21(11-16)38-24(36)32-20/h1-5,10-11,18-19,37H,6-9,12-14H2,(H,30,35)(H,31,34)(H,32,36). The number of hydrogen-bond donors (Lipinski definition) is 4. The van der Waals surface area contributed by atoms with Crippen molar-refractivity contribution in [2.45, 2.75) is 49.5 Å². The Hall–Kier alpha value is -3.64. The second kappa shape index (κ2) is 9.91. The van der Waals surface area contributed by atoms with Crippen molar-refractivity contribution in [2.24, 2.45) is 0 Å². The molecule has 0 spiro atoms. The number of likely N-dealkylation sites (tertiary alicyclic amines) is 1. The number of H-pyrrole nitrogens is 1. The van der Waals surface area contributed by atoms with Gasteiger partial charge in [0.15, 0.2) is 5.58 Å². The van der Waals surface area contributed by atoms with Crippen molar-refractivity contribution in [2.75, 3.05) is 19.6 Å². The molecule has 1 saturated carbocycles. The second-order valence-electron chi connectivity index (χ2n) is 9.97. The molecule has 2 fully saturated rings. The fourth-order valence-electron chi connectivity index (χ4n) is 5.25. The van der Waals surface area contributed by atoms with Crippen LogP contribution in [0.1, 0.15) is 47.2 Å². The second-order valence-corrected chi connectivity index (χ2v) is 9.97. The number of aromatic nitrogens is 1. The highest BCUT2D eigenvalue weighted by atomic mass is 19.4. The number of halogens is 3. The monoisotopic (exact) mass is 532 g/mol. The highest BCUT2D eigenvalue weighted by molar-refractivity contribution is 5.96. The largest absolute Gasteiger partial charge is 0.417 e. The van der Waals surface area contributed by atoms with Gasteiger partial charge in [-0.3, -0.25) is 19.5 Å². The number of hydrogen-bond acceptors (Lipinski definition) is 6. The van der Waals surface area contributed by atoms with Gasteiger partial charge in [-0.05, 0) is 61.6 Å². The van der Waals surface area contributed by atoms with Crippen molar-refractivity contribution >= 4 is 22.9 Å². The molecule has 0 bridgehead atoms. The van der Waals surface area contributed by atoms with E-state index in [1.165, 1.54) is 6.07 Å². The molecule has 4 N–H and O–H groups in total. The summed E-state index contributed by atoms with van der Waals surface area (Å²) in [4.78, 5) is 40.6. The van der Waals surface area contributed by atoms with E-state index < -0.39 is 34.9 Å². The lowest BCUT2D eigenvalue weighted by molar-refractivity contribution is -0.137. The molecule has 9 nitrogen and oxygen atoms in total. The maximum Gasteiger partial charge on any atom is 0.417 e. The topological polar surface area (TPSA) is 128 Å². The summed E-state index contributed by atoms with van der Waals surface area (Å²) in [7, 11) is 0. The van der Waals surface area contributed by atoms with Gasteiger partial charge in [-0.15, -0.1) is 0 Å². The van der Waals surface area contributed by atoms with Crippen molar-refractivity contribution in [3.8, 4) is 0 Å². The molecular formula is C26H27F3N4O5. The fraction of sp³-hybridized carbons (Fsp3) is 0.423. The van der Waals surface area contributed by atoms with E-state index in [0.29, 0.717) is 42.6 Å². The van der Waals surface area contributed by atoms with Crippen LogP contribution >= 0.6 is 0 Å². The molecular weight excluding hydrogens is 505 g/mol. The predicted molar refractivity (Wildman–Crippen MR) is 130 cm³/mol. The molecule has 2 heterocycles. The number of benzene rings is 2. The lowest BCUT2D eigenvalue weighted by Gasteiger charge is -2.48. The molecule has 202 valence electrons. The van der Waals surface area contributed by atoms with Crippen LogP contribution in [0.4, 0.5) is 13.2 Å². The third kappa shape index (κ3) is 5.46. The number of alkyl halides is 3. The first-order valence-electron chi connectivity index (χ1n) is 12.3. The normalized spacial score (nSPS) is 22.7. The van der Waals surface area contributed by atoms with E-state index >= 15 is 0 Å². The first-order valence-corrected chi connectivity index (χ1v) is 12.3. The van der Waals surface area contributed by atoms with E-state index in [1.807, 2.05) is 0 Å². The number of carbonyl (C=O) groups is 2. The molecule has 1 saturated heterocycles. The number of fused-ring (bicyclic) bond motifs is 1. The first-order chi connectivity index (χ1) is 18.0. The Bertz CT molecular complexity index is 1400. The zero-order valence-corrected chi connectivity index (χ0v) is 20.3. The Morgan fingerprint density at radius 3 is 2.58 bits per heavy atom. The third-order valence-electron chi connectivity index (χ3n) is 7.39. The smallest absolute Gasteiger partial charge is 0.408 e. The summed E-state index contributed by atoms with van der Waals surface area (Å²) in [5.41, 5.74) is -0.392. The summed E-state index contributed by atoms with van der Waals surface area (Å²) < 4.78 is 43.6.